The van der Waals surface area contributed by atoms with Crippen molar-refractivity contribution in [3.63, 3.8) is 0 Å². The van der Waals surface area contributed by atoms with Gasteiger partial charge in [-0.05, 0) is 51.6 Å². The summed E-state index contributed by atoms with van der Waals surface area (Å²) < 4.78 is 42.4. The van der Waals surface area contributed by atoms with E-state index < -0.39 is 13.8 Å². The Balaban J connectivity index is 0. The zero-order valence-electron chi connectivity index (χ0n) is 8.97. The van der Waals surface area contributed by atoms with Crippen LogP contribution in [-0.4, -0.2) is 7.86 Å². The van der Waals surface area contributed by atoms with Crippen LogP contribution in [0.2, 0.25) is 0 Å². The normalized spacial score (nSPS) is 12.4. The molecule has 0 saturated heterocycles. The van der Waals surface area contributed by atoms with E-state index in [-0.39, 0.29) is 6.42 Å². The second-order valence-electron chi connectivity index (χ2n) is 3.42. The lowest BCUT2D eigenvalue weighted by Gasteiger charge is -2.10. The molecule has 0 atom stereocenters. The lowest BCUT2D eigenvalue weighted by molar-refractivity contribution is 0.0751. The molecule has 0 aliphatic carbocycles. The average Bonchev–Trinajstić information content (AvgIpc) is 1.98. The van der Waals surface area contributed by atoms with E-state index in [4.69, 9.17) is 0 Å². The number of halogens is 6. The summed E-state index contributed by atoms with van der Waals surface area (Å²) in [5.74, 6) is -0.548. The second kappa shape index (κ2) is 8.30. The molecule has 6 heteroatoms. The van der Waals surface area contributed by atoms with Gasteiger partial charge in [-0.1, -0.05) is 27.2 Å². The Morgan fingerprint density at radius 3 is 1.47 bits per heavy atom. The van der Waals surface area contributed by atoms with E-state index in [1.165, 1.54) is 36.4 Å². The average molecular weight is 454 g/mol. The first-order chi connectivity index (χ1) is 6.50. The van der Waals surface area contributed by atoms with Gasteiger partial charge in [0.1, 0.15) is 0 Å². The molecule has 0 rings (SSSR count). The fraction of sp³-hybridized carbons (Fsp3) is 1.00. The van der Waals surface area contributed by atoms with Crippen LogP contribution in [0.4, 0.5) is 17.6 Å². The fourth-order valence-electron chi connectivity index (χ4n) is 0.377. The zero-order valence-corrected chi connectivity index (χ0v) is 13.3. The van der Waals surface area contributed by atoms with Crippen LogP contribution in [0, 0.1) is 5.92 Å². The Kier molecular flexibility index (Phi) is 10.3. The van der Waals surface area contributed by atoms with Crippen LogP contribution in [-0.2, 0) is 0 Å². The third-order valence-corrected chi connectivity index (χ3v) is 3.25. The van der Waals surface area contributed by atoms with Gasteiger partial charge >= 0.3 is 0 Å². The number of hydrogen-bond acceptors (Lipinski definition) is 0. The van der Waals surface area contributed by atoms with Crippen LogP contribution in [0.15, 0.2) is 0 Å². The van der Waals surface area contributed by atoms with Gasteiger partial charge in [0, 0.05) is 12.3 Å². The van der Waals surface area contributed by atoms with Crippen molar-refractivity contribution in [3.05, 3.63) is 0 Å². The number of rotatable bonds is 4. The Hall–Kier alpha value is 1.18. The van der Waals surface area contributed by atoms with Crippen molar-refractivity contribution in [1.29, 1.82) is 0 Å². The van der Waals surface area contributed by atoms with E-state index in [0.717, 1.165) is 29.0 Å². The minimum absolute atomic E-state index is 0.0179. The molecule has 0 aromatic rings. The molecule has 15 heavy (non-hydrogen) atoms. The van der Waals surface area contributed by atoms with E-state index in [1.54, 1.807) is 0 Å². The minimum atomic E-state index is -2.53. The molecule has 0 spiro atoms. The van der Waals surface area contributed by atoms with Gasteiger partial charge in [-0.25, -0.2) is 0 Å². The van der Waals surface area contributed by atoms with Gasteiger partial charge in [-0.3, -0.25) is 0 Å². The van der Waals surface area contributed by atoms with Crippen molar-refractivity contribution in [2.45, 2.75) is 47.9 Å². The van der Waals surface area contributed by atoms with Crippen LogP contribution >= 0.6 is 45.2 Å². The van der Waals surface area contributed by atoms with Crippen LogP contribution in [0.25, 0.3) is 0 Å². The summed E-state index contributed by atoms with van der Waals surface area (Å²) >= 11 is 2.30. The topological polar surface area (TPSA) is 0 Å². The summed E-state index contributed by atoms with van der Waals surface area (Å²) in [4.78, 5) is 0. The number of unbranched alkanes of at least 4 members (excludes halogenated alkanes) is 1. The maximum Gasteiger partial charge on any atom is 0.298 e. The standard InChI is InChI=1S/C5H9F2I.C4H7F2I/c1-2-3-4-5(6,7)8;1-3(2)4(5,6)7/h2-4H2,1H3;3H,1-2H3. The molecular formula is C9H16F4I2. The molecule has 0 amide bonds. The molecule has 0 aliphatic heterocycles. The van der Waals surface area contributed by atoms with Gasteiger partial charge in [-0.15, -0.1) is 0 Å². The smallest absolute Gasteiger partial charge is 0.195 e. The Labute approximate surface area is 116 Å². The first kappa shape index (κ1) is 18.5. The third kappa shape index (κ3) is 17.8. The van der Waals surface area contributed by atoms with Gasteiger partial charge in [0.25, 0.3) is 7.86 Å². The highest BCUT2D eigenvalue weighted by atomic mass is 127. The minimum Gasteiger partial charge on any atom is -0.195 e. The molecule has 0 bridgehead atoms. The van der Waals surface area contributed by atoms with Crippen LogP contribution < -0.4 is 0 Å². The number of alkyl halides is 6. The summed E-state index contributed by atoms with van der Waals surface area (Å²) in [5, 5.41) is 0. The summed E-state index contributed by atoms with van der Waals surface area (Å²) in [6.07, 6.45) is 1.48. The van der Waals surface area contributed by atoms with Crippen LogP contribution in [0.3, 0.4) is 0 Å². The van der Waals surface area contributed by atoms with Crippen LogP contribution in [0.5, 0.6) is 0 Å². The lowest BCUT2D eigenvalue weighted by atomic mass is 10.2. The molecule has 0 nitrogen and oxygen atoms in total. The van der Waals surface area contributed by atoms with Crippen molar-refractivity contribution in [1.82, 2.24) is 0 Å². The quantitative estimate of drug-likeness (QED) is 0.283. The molecule has 0 unspecified atom stereocenters. The molecule has 94 valence electrons. The summed E-state index contributed by atoms with van der Waals surface area (Å²) in [6, 6.07) is 0. The Morgan fingerprint density at radius 1 is 1.07 bits per heavy atom. The zero-order chi connectivity index (χ0) is 12.7. The van der Waals surface area contributed by atoms with Gasteiger partial charge in [0.15, 0.2) is 0 Å². The second-order valence-corrected chi connectivity index (χ2v) is 6.43. The summed E-state index contributed by atoms with van der Waals surface area (Å²) in [7, 11) is 0. The first-order valence-electron chi connectivity index (χ1n) is 4.64. The predicted octanol–water partition coefficient (Wildman–Crippen LogP) is 5.87. The van der Waals surface area contributed by atoms with E-state index in [2.05, 4.69) is 0 Å². The molecule has 0 fully saturated rings. The van der Waals surface area contributed by atoms with E-state index in [1.807, 2.05) is 6.92 Å². The molecular weight excluding hydrogens is 438 g/mol. The van der Waals surface area contributed by atoms with Crippen LogP contribution in [0.1, 0.15) is 40.0 Å². The van der Waals surface area contributed by atoms with E-state index >= 15 is 0 Å². The Morgan fingerprint density at radius 2 is 1.40 bits per heavy atom. The van der Waals surface area contributed by atoms with E-state index in [0.29, 0.717) is 6.42 Å². The lowest BCUT2D eigenvalue weighted by Crippen LogP contribution is -2.12. The largest absolute Gasteiger partial charge is 0.298 e. The summed E-state index contributed by atoms with van der Waals surface area (Å²) in [5.41, 5.74) is 0. The highest BCUT2D eigenvalue weighted by Crippen LogP contribution is 2.30. The van der Waals surface area contributed by atoms with Crippen molar-refractivity contribution in [2.24, 2.45) is 5.92 Å². The Bertz CT molecular complexity index is 149. The highest BCUT2D eigenvalue weighted by molar-refractivity contribution is 14.1. The molecule has 0 aliphatic rings. The molecule has 0 aromatic heterocycles. The van der Waals surface area contributed by atoms with Crippen molar-refractivity contribution in [2.75, 3.05) is 0 Å². The highest BCUT2D eigenvalue weighted by Gasteiger charge is 2.27. The van der Waals surface area contributed by atoms with E-state index in [9.17, 15) is 17.6 Å². The van der Waals surface area contributed by atoms with Crippen molar-refractivity contribution in [3.8, 4) is 0 Å². The van der Waals surface area contributed by atoms with Gasteiger partial charge in [-0.2, -0.15) is 17.6 Å². The number of hydrogen-bond donors (Lipinski definition) is 0. The molecule has 0 saturated carbocycles. The molecule has 0 aromatic carbocycles. The molecule has 0 heterocycles. The maximum atomic E-state index is 11.9. The SMILES string of the molecule is CC(C)C(F)(F)I.CCCCC(F)(F)I. The monoisotopic (exact) mass is 454 g/mol. The maximum absolute atomic E-state index is 11.9. The fourth-order valence-corrected chi connectivity index (χ4v) is 0.759. The summed E-state index contributed by atoms with van der Waals surface area (Å²) in [6.45, 7) is 4.89. The molecule has 0 radical (unpaired) electrons. The van der Waals surface area contributed by atoms with Gasteiger partial charge in [0.2, 0.25) is 0 Å². The predicted molar refractivity (Wildman–Crippen MR) is 72.3 cm³/mol. The third-order valence-electron chi connectivity index (χ3n) is 1.47. The van der Waals surface area contributed by atoms with Gasteiger partial charge < -0.3 is 0 Å². The first-order valence-corrected chi connectivity index (χ1v) is 6.80. The molecule has 0 N–H and O–H groups in total. The van der Waals surface area contributed by atoms with Crippen molar-refractivity contribution >= 4 is 45.2 Å². The van der Waals surface area contributed by atoms with Crippen molar-refractivity contribution < 1.29 is 17.6 Å². The van der Waals surface area contributed by atoms with Gasteiger partial charge in [0.05, 0.1) is 0 Å².